The Morgan fingerprint density at radius 2 is 1.73 bits per heavy atom. The molecule has 0 saturated heterocycles. The molecular formula is C32H44ClN7O4. The minimum Gasteiger partial charge on any atom is -0.464 e. The minimum atomic E-state index is -0.914. The standard InChI is InChI=1S/C32H44ClN7O4/c1-2-44-31(43)26(12-7-17-38-32(36)37)39-30(42)27(21-8-4-3-5-9-21)40-29(41)25(23-10-6-11-24(33)19-23)18-20-13-15-22(16-14-20)28(34)35/h6,10-11,13-16,19,21,25-27H,2-5,7-9,12,17-18H2,1H3,(H3,34,35)(H,39,42)(H,40,41)(H4,36,37,38)/t25-,26-,27-/m0/s1. The van der Waals surface area contributed by atoms with E-state index < -0.39 is 29.9 Å². The Kier molecular flexibility index (Phi) is 13.5. The molecule has 3 rings (SSSR count). The predicted octanol–water partition coefficient (Wildman–Crippen LogP) is 3.12. The largest absolute Gasteiger partial charge is 0.464 e. The Morgan fingerprint density at radius 1 is 1.02 bits per heavy atom. The van der Waals surface area contributed by atoms with E-state index in [1.807, 2.05) is 18.2 Å². The Balaban J connectivity index is 1.87. The second kappa shape index (κ2) is 17.2. The summed E-state index contributed by atoms with van der Waals surface area (Å²) >= 11 is 6.31. The average Bonchev–Trinajstić information content (AvgIpc) is 3.00. The van der Waals surface area contributed by atoms with Gasteiger partial charge in [-0.2, -0.15) is 0 Å². The quantitative estimate of drug-likeness (QED) is 0.0755. The number of benzene rings is 2. The normalized spacial score (nSPS) is 15.3. The van der Waals surface area contributed by atoms with Gasteiger partial charge in [-0.3, -0.25) is 20.0 Å². The molecule has 11 nitrogen and oxygen atoms in total. The monoisotopic (exact) mass is 625 g/mol. The van der Waals surface area contributed by atoms with Crippen molar-refractivity contribution in [1.82, 2.24) is 10.6 Å². The number of carbonyl (C=O) groups excluding carboxylic acids is 3. The van der Waals surface area contributed by atoms with Crippen molar-refractivity contribution in [1.29, 1.82) is 5.41 Å². The zero-order valence-corrected chi connectivity index (χ0v) is 25.9. The van der Waals surface area contributed by atoms with Crippen molar-refractivity contribution in [3.05, 3.63) is 70.2 Å². The Bertz CT molecular complexity index is 1310. The Hall–Kier alpha value is -4.12. The summed E-state index contributed by atoms with van der Waals surface area (Å²) in [6.45, 7) is 2.16. The van der Waals surface area contributed by atoms with Gasteiger partial charge in [-0.15, -0.1) is 0 Å². The van der Waals surface area contributed by atoms with Crippen LogP contribution in [0.1, 0.15) is 74.5 Å². The molecule has 0 aliphatic heterocycles. The maximum absolute atomic E-state index is 14.1. The highest BCUT2D eigenvalue weighted by atomic mass is 35.5. The van der Waals surface area contributed by atoms with Gasteiger partial charge >= 0.3 is 5.97 Å². The number of ether oxygens (including phenoxy) is 1. The molecule has 1 saturated carbocycles. The van der Waals surface area contributed by atoms with Gasteiger partial charge in [-0.05, 0) is 68.2 Å². The molecule has 9 N–H and O–H groups in total. The number of guanidine groups is 1. The second-order valence-electron chi connectivity index (χ2n) is 11.1. The van der Waals surface area contributed by atoms with Crippen molar-refractivity contribution >= 4 is 41.2 Å². The molecule has 0 aromatic heterocycles. The molecule has 3 atom stereocenters. The van der Waals surface area contributed by atoms with Gasteiger partial charge < -0.3 is 32.6 Å². The van der Waals surface area contributed by atoms with Crippen molar-refractivity contribution in [3.63, 3.8) is 0 Å². The maximum atomic E-state index is 14.1. The van der Waals surface area contributed by atoms with Crippen LogP contribution in [0.25, 0.3) is 0 Å². The number of amides is 2. The zero-order valence-electron chi connectivity index (χ0n) is 25.2. The molecular weight excluding hydrogens is 582 g/mol. The lowest BCUT2D eigenvalue weighted by Gasteiger charge is -2.32. The van der Waals surface area contributed by atoms with Crippen molar-refractivity contribution < 1.29 is 19.1 Å². The van der Waals surface area contributed by atoms with Crippen LogP contribution in [0.2, 0.25) is 5.02 Å². The van der Waals surface area contributed by atoms with Gasteiger partial charge in [-0.25, -0.2) is 4.79 Å². The van der Waals surface area contributed by atoms with E-state index in [0.29, 0.717) is 35.5 Å². The second-order valence-corrected chi connectivity index (χ2v) is 11.5. The number of hydrogen-bond acceptors (Lipinski definition) is 6. The Labute approximate surface area is 263 Å². The Morgan fingerprint density at radius 3 is 2.34 bits per heavy atom. The number of nitrogens with two attached hydrogens (primary N) is 3. The van der Waals surface area contributed by atoms with E-state index in [1.165, 1.54) is 0 Å². The van der Waals surface area contributed by atoms with Crippen molar-refractivity contribution in [2.75, 3.05) is 13.2 Å². The SMILES string of the molecule is CCOC(=O)[C@H](CCCN=C(N)N)NC(=O)[C@@H](NC(=O)[C@@H](Cc1ccc(C(=N)N)cc1)c1cccc(Cl)c1)C1CCCCC1. The lowest BCUT2D eigenvalue weighted by Crippen LogP contribution is -2.55. The first-order chi connectivity index (χ1) is 21.1. The molecule has 0 radical (unpaired) electrons. The molecule has 0 heterocycles. The van der Waals surface area contributed by atoms with E-state index in [2.05, 4.69) is 15.6 Å². The van der Waals surface area contributed by atoms with E-state index in [4.69, 9.17) is 38.9 Å². The van der Waals surface area contributed by atoms with E-state index >= 15 is 0 Å². The molecule has 2 amide bonds. The van der Waals surface area contributed by atoms with Crippen LogP contribution in [0, 0.1) is 11.3 Å². The molecule has 44 heavy (non-hydrogen) atoms. The summed E-state index contributed by atoms with van der Waals surface area (Å²) in [7, 11) is 0. The summed E-state index contributed by atoms with van der Waals surface area (Å²) in [5, 5.41) is 14.1. The first-order valence-electron chi connectivity index (χ1n) is 15.1. The van der Waals surface area contributed by atoms with Gasteiger partial charge in [0.2, 0.25) is 11.8 Å². The third kappa shape index (κ3) is 10.6. The summed E-state index contributed by atoms with van der Waals surface area (Å²) < 4.78 is 5.23. The van der Waals surface area contributed by atoms with E-state index in [-0.39, 0.29) is 36.6 Å². The number of nitrogens with one attached hydrogen (secondary N) is 3. The topological polar surface area (TPSA) is 199 Å². The van der Waals surface area contributed by atoms with Crippen molar-refractivity contribution in [3.8, 4) is 0 Å². The number of esters is 1. The number of amidine groups is 1. The molecule has 0 unspecified atom stereocenters. The number of carbonyl (C=O) groups is 3. The summed E-state index contributed by atoms with van der Waals surface area (Å²) in [6.07, 6.45) is 5.57. The fourth-order valence-electron chi connectivity index (χ4n) is 5.52. The number of aliphatic imine (C=N–C) groups is 1. The van der Waals surface area contributed by atoms with Gasteiger partial charge in [0.15, 0.2) is 5.96 Å². The molecule has 12 heteroatoms. The molecule has 1 fully saturated rings. The number of rotatable bonds is 15. The average molecular weight is 626 g/mol. The van der Waals surface area contributed by atoms with Gasteiger partial charge in [0, 0.05) is 17.1 Å². The van der Waals surface area contributed by atoms with Crippen LogP contribution in [-0.2, 0) is 25.5 Å². The predicted molar refractivity (Wildman–Crippen MR) is 172 cm³/mol. The zero-order chi connectivity index (χ0) is 32.1. The van der Waals surface area contributed by atoms with Gasteiger partial charge in [0.1, 0.15) is 17.9 Å². The van der Waals surface area contributed by atoms with Crippen LogP contribution in [0.4, 0.5) is 0 Å². The van der Waals surface area contributed by atoms with Crippen molar-refractivity contribution in [2.24, 2.45) is 28.1 Å². The molecule has 1 aliphatic rings. The van der Waals surface area contributed by atoms with E-state index in [0.717, 1.165) is 37.7 Å². The lowest BCUT2D eigenvalue weighted by molar-refractivity contribution is -0.148. The van der Waals surface area contributed by atoms with Crippen LogP contribution in [0.3, 0.4) is 0 Å². The molecule has 1 aliphatic carbocycles. The summed E-state index contributed by atoms with van der Waals surface area (Å²) in [5.41, 5.74) is 18.6. The molecule has 0 bridgehead atoms. The van der Waals surface area contributed by atoms with Gasteiger partial charge in [0.25, 0.3) is 0 Å². The van der Waals surface area contributed by atoms with Crippen LogP contribution in [0.15, 0.2) is 53.5 Å². The fraction of sp³-hybridized carbons (Fsp3) is 0.469. The van der Waals surface area contributed by atoms with Gasteiger partial charge in [-0.1, -0.05) is 67.3 Å². The highest BCUT2D eigenvalue weighted by molar-refractivity contribution is 6.30. The first kappa shape index (κ1) is 34.4. The minimum absolute atomic E-state index is 0.0422. The number of hydrogen-bond donors (Lipinski definition) is 6. The van der Waals surface area contributed by atoms with Gasteiger partial charge in [0.05, 0.1) is 12.5 Å². The molecule has 2 aromatic carbocycles. The summed E-state index contributed by atoms with van der Waals surface area (Å²) in [5.74, 6) is -2.14. The van der Waals surface area contributed by atoms with Crippen LogP contribution in [0.5, 0.6) is 0 Å². The van der Waals surface area contributed by atoms with Crippen LogP contribution >= 0.6 is 11.6 Å². The fourth-order valence-corrected chi connectivity index (χ4v) is 5.72. The number of nitrogen functional groups attached to an aromatic ring is 1. The molecule has 238 valence electrons. The number of nitrogens with zero attached hydrogens (tertiary/aromatic N) is 1. The lowest BCUT2D eigenvalue weighted by atomic mass is 9.82. The molecule has 0 spiro atoms. The van der Waals surface area contributed by atoms with Crippen LogP contribution < -0.4 is 27.8 Å². The van der Waals surface area contributed by atoms with E-state index in [9.17, 15) is 14.4 Å². The third-order valence-corrected chi connectivity index (χ3v) is 8.04. The number of halogens is 1. The summed E-state index contributed by atoms with van der Waals surface area (Å²) in [4.78, 5) is 44.7. The highest BCUT2D eigenvalue weighted by Gasteiger charge is 2.35. The third-order valence-electron chi connectivity index (χ3n) is 7.81. The van der Waals surface area contributed by atoms with E-state index in [1.54, 1.807) is 37.3 Å². The van der Waals surface area contributed by atoms with Crippen molar-refractivity contribution in [2.45, 2.75) is 76.3 Å². The summed E-state index contributed by atoms with van der Waals surface area (Å²) in [6, 6.07) is 12.5. The van der Waals surface area contributed by atoms with Crippen LogP contribution in [-0.4, -0.2) is 54.8 Å². The highest BCUT2D eigenvalue weighted by Crippen LogP contribution is 2.29. The molecule has 2 aromatic rings. The first-order valence-corrected chi connectivity index (χ1v) is 15.5. The smallest absolute Gasteiger partial charge is 0.328 e. The maximum Gasteiger partial charge on any atom is 0.328 e.